The van der Waals surface area contributed by atoms with Crippen molar-refractivity contribution in [2.45, 2.75) is 52.6 Å². The lowest BCUT2D eigenvalue weighted by molar-refractivity contribution is -0.149. The quantitative estimate of drug-likeness (QED) is 0.719. The van der Waals surface area contributed by atoms with Gasteiger partial charge in [0.05, 0.1) is 12.5 Å². The highest BCUT2D eigenvalue weighted by Gasteiger charge is 2.26. The minimum absolute atomic E-state index is 0.00189. The third-order valence-electron chi connectivity index (χ3n) is 4.98. The molecule has 1 heterocycles. The standard InChI is InChI=1S/C21H33NO4/c1-5-25-21(24)17-8-10-22(11-9-17)13-18(23)14-26-19-6-7-20(15(2)3)16(4)12-19/h6-7,12,15,17-18,23H,5,8-11,13-14H2,1-4H3. The summed E-state index contributed by atoms with van der Waals surface area (Å²) in [5, 5.41) is 10.3. The van der Waals surface area contributed by atoms with Crippen molar-refractivity contribution >= 4 is 5.97 Å². The van der Waals surface area contributed by atoms with Crippen LogP contribution in [0.2, 0.25) is 0 Å². The molecule has 146 valence electrons. The van der Waals surface area contributed by atoms with Crippen LogP contribution in [0.25, 0.3) is 0 Å². The van der Waals surface area contributed by atoms with Crippen molar-refractivity contribution in [1.29, 1.82) is 0 Å². The van der Waals surface area contributed by atoms with Crippen LogP contribution in [0, 0.1) is 12.8 Å². The summed E-state index contributed by atoms with van der Waals surface area (Å²) in [7, 11) is 0. The molecule has 1 aromatic carbocycles. The molecule has 5 nitrogen and oxygen atoms in total. The molecule has 0 aliphatic carbocycles. The molecule has 0 spiro atoms. The Morgan fingerprint density at radius 1 is 1.31 bits per heavy atom. The summed E-state index contributed by atoms with van der Waals surface area (Å²) in [6, 6.07) is 6.11. The number of hydrogen-bond donors (Lipinski definition) is 1. The van der Waals surface area contributed by atoms with Gasteiger partial charge in [0.1, 0.15) is 18.5 Å². The van der Waals surface area contributed by atoms with Gasteiger partial charge in [0.25, 0.3) is 0 Å². The lowest BCUT2D eigenvalue weighted by atomic mass is 9.97. The molecule has 1 aliphatic rings. The van der Waals surface area contributed by atoms with Gasteiger partial charge in [-0.3, -0.25) is 4.79 Å². The maximum Gasteiger partial charge on any atom is 0.309 e. The molecule has 1 atom stereocenters. The zero-order chi connectivity index (χ0) is 19.1. The van der Waals surface area contributed by atoms with Crippen molar-refractivity contribution in [3.05, 3.63) is 29.3 Å². The van der Waals surface area contributed by atoms with Crippen LogP contribution in [0.4, 0.5) is 0 Å². The van der Waals surface area contributed by atoms with E-state index in [9.17, 15) is 9.90 Å². The Balaban J connectivity index is 1.73. The van der Waals surface area contributed by atoms with Gasteiger partial charge < -0.3 is 19.5 Å². The number of carbonyl (C=O) groups is 1. The van der Waals surface area contributed by atoms with Gasteiger partial charge in [0.15, 0.2) is 0 Å². The minimum Gasteiger partial charge on any atom is -0.491 e. The third-order valence-corrected chi connectivity index (χ3v) is 4.98. The van der Waals surface area contributed by atoms with E-state index in [0.717, 1.165) is 31.7 Å². The van der Waals surface area contributed by atoms with Crippen LogP contribution in [-0.4, -0.2) is 54.9 Å². The molecule has 1 N–H and O–H groups in total. The number of carbonyl (C=O) groups excluding carboxylic acids is 1. The first-order chi connectivity index (χ1) is 12.4. The zero-order valence-corrected chi connectivity index (χ0v) is 16.5. The second-order valence-corrected chi connectivity index (χ2v) is 7.46. The summed E-state index contributed by atoms with van der Waals surface area (Å²) in [6.45, 7) is 11.2. The Labute approximate surface area is 157 Å². The van der Waals surface area contributed by atoms with Crippen LogP contribution in [0.15, 0.2) is 18.2 Å². The molecule has 26 heavy (non-hydrogen) atoms. The number of aliphatic hydroxyl groups is 1. The van der Waals surface area contributed by atoms with E-state index in [1.165, 1.54) is 11.1 Å². The molecule has 0 amide bonds. The number of likely N-dealkylation sites (tertiary alicyclic amines) is 1. The van der Waals surface area contributed by atoms with Gasteiger partial charge in [-0.25, -0.2) is 0 Å². The van der Waals surface area contributed by atoms with E-state index in [0.29, 0.717) is 19.1 Å². The van der Waals surface area contributed by atoms with E-state index in [-0.39, 0.29) is 18.5 Å². The molecule has 0 aromatic heterocycles. The van der Waals surface area contributed by atoms with E-state index in [4.69, 9.17) is 9.47 Å². The fourth-order valence-corrected chi connectivity index (χ4v) is 3.54. The van der Waals surface area contributed by atoms with Crippen molar-refractivity contribution < 1.29 is 19.4 Å². The van der Waals surface area contributed by atoms with Crippen molar-refractivity contribution in [2.75, 3.05) is 32.8 Å². The lowest BCUT2D eigenvalue weighted by Gasteiger charge is -2.32. The van der Waals surface area contributed by atoms with Crippen LogP contribution < -0.4 is 4.74 Å². The number of piperidine rings is 1. The van der Waals surface area contributed by atoms with Crippen LogP contribution in [0.5, 0.6) is 5.75 Å². The van der Waals surface area contributed by atoms with Crippen molar-refractivity contribution in [2.24, 2.45) is 5.92 Å². The molecule has 1 aromatic rings. The fourth-order valence-electron chi connectivity index (χ4n) is 3.54. The first kappa shape index (κ1) is 20.7. The Bertz CT molecular complexity index is 579. The molecule has 0 radical (unpaired) electrons. The first-order valence-corrected chi connectivity index (χ1v) is 9.71. The highest BCUT2D eigenvalue weighted by atomic mass is 16.5. The van der Waals surface area contributed by atoms with E-state index in [2.05, 4.69) is 31.7 Å². The lowest BCUT2D eigenvalue weighted by Crippen LogP contribution is -2.42. The molecule has 2 rings (SSSR count). The molecule has 5 heteroatoms. The van der Waals surface area contributed by atoms with Gasteiger partial charge in [0.2, 0.25) is 0 Å². The second kappa shape index (κ2) is 9.93. The number of aliphatic hydroxyl groups excluding tert-OH is 1. The predicted molar refractivity (Wildman–Crippen MR) is 103 cm³/mol. The van der Waals surface area contributed by atoms with E-state index in [1.807, 2.05) is 19.1 Å². The number of ether oxygens (including phenoxy) is 2. The topological polar surface area (TPSA) is 59.0 Å². The first-order valence-electron chi connectivity index (χ1n) is 9.71. The molecule has 0 saturated carbocycles. The van der Waals surface area contributed by atoms with Gasteiger partial charge in [-0.15, -0.1) is 0 Å². The average molecular weight is 363 g/mol. The Hall–Kier alpha value is -1.59. The summed E-state index contributed by atoms with van der Waals surface area (Å²) >= 11 is 0. The van der Waals surface area contributed by atoms with E-state index in [1.54, 1.807) is 0 Å². The predicted octanol–water partition coefficient (Wildman–Crippen LogP) is 3.13. The fraction of sp³-hybridized carbons (Fsp3) is 0.667. The normalized spacial score (nSPS) is 17.3. The van der Waals surface area contributed by atoms with Gasteiger partial charge in [0, 0.05) is 6.54 Å². The van der Waals surface area contributed by atoms with Gasteiger partial charge >= 0.3 is 5.97 Å². The second-order valence-electron chi connectivity index (χ2n) is 7.46. The Kier molecular flexibility index (Phi) is 7.91. The van der Waals surface area contributed by atoms with Crippen molar-refractivity contribution in [3.8, 4) is 5.75 Å². The molecule has 0 bridgehead atoms. The maximum atomic E-state index is 11.8. The van der Waals surface area contributed by atoms with Gasteiger partial charge in [-0.2, -0.15) is 0 Å². The van der Waals surface area contributed by atoms with Crippen LogP contribution in [0.1, 0.15) is 50.7 Å². The van der Waals surface area contributed by atoms with Crippen molar-refractivity contribution in [3.63, 3.8) is 0 Å². The molecular weight excluding hydrogens is 330 g/mol. The molecule has 1 saturated heterocycles. The smallest absolute Gasteiger partial charge is 0.309 e. The van der Waals surface area contributed by atoms with E-state index < -0.39 is 6.10 Å². The van der Waals surface area contributed by atoms with Crippen LogP contribution >= 0.6 is 0 Å². The number of rotatable bonds is 8. The van der Waals surface area contributed by atoms with Gasteiger partial charge in [-0.1, -0.05) is 19.9 Å². The highest BCUT2D eigenvalue weighted by Crippen LogP contribution is 2.24. The van der Waals surface area contributed by atoms with Crippen LogP contribution in [-0.2, 0) is 9.53 Å². The average Bonchev–Trinajstić information content (AvgIpc) is 2.60. The van der Waals surface area contributed by atoms with Crippen LogP contribution in [0.3, 0.4) is 0 Å². The maximum absolute atomic E-state index is 11.8. The number of β-amino-alcohol motifs (C(OH)–C–C–N with tert-alkyl or cyclic N) is 1. The molecule has 1 aliphatic heterocycles. The monoisotopic (exact) mass is 363 g/mol. The summed E-state index contributed by atoms with van der Waals surface area (Å²) in [5.41, 5.74) is 2.54. The van der Waals surface area contributed by atoms with E-state index >= 15 is 0 Å². The summed E-state index contributed by atoms with van der Waals surface area (Å²) < 4.78 is 10.9. The largest absolute Gasteiger partial charge is 0.491 e. The summed E-state index contributed by atoms with van der Waals surface area (Å²) in [6.07, 6.45) is 1.05. The number of aryl methyl sites for hydroxylation is 1. The number of benzene rings is 1. The third kappa shape index (κ3) is 5.99. The number of esters is 1. The molecule has 1 fully saturated rings. The number of nitrogens with zero attached hydrogens (tertiary/aromatic N) is 1. The Morgan fingerprint density at radius 3 is 2.58 bits per heavy atom. The SMILES string of the molecule is CCOC(=O)C1CCN(CC(O)COc2ccc(C(C)C)c(C)c2)CC1. The Morgan fingerprint density at radius 2 is 2.00 bits per heavy atom. The highest BCUT2D eigenvalue weighted by molar-refractivity contribution is 5.72. The minimum atomic E-state index is -0.542. The summed E-state index contributed by atoms with van der Waals surface area (Å²) in [5.74, 6) is 1.21. The molecular formula is C21H33NO4. The zero-order valence-electron chi connectivity index (χ0n) is 16.5. The van der Waals surface area contributed by atoms with Crippen molar-refractivity contribution in [1.82, 2.24) is 4.90 Å². The number of hydrogen-bond acceptors (Lipinski definition) is 5. The molecule has 1 unspecified atom stereocenters. The van der Waals surface area contributed by atoms with Gasteiger partial charge in [-0.05, 0) is 69.0 Å². The summed E-state index contributed by atoms with van der Waals surface area (Å²) in [4.78, 5) is 14.0.